The Labute approximate surface area is 83.8 Å². The first-order chi connectivity index (χ1) is 6.06. The summed E-state index contributed by atoms with van der Waals surface area (Å²) in [5.74, 6) is -0.458. The van der Waals surface area contributed by atoms with Crippen LogP contribution in [0.2, 0.25) is 4.34 Å². The molecule has 0 N–H and O–H groups in total. The van der Waals surface area contributed by atoms with Gasteiger partial charge in [0.05, 0.1) is 7.11 Å². The molecule has 0 saturated heterocycles. The second-order valence-electron chi connectivity index (χ2n) is 2.40. The minimum Gasteiger partial charge on any atom is -0.467 e. The maximum atomic E-state index is 11.2. The van der Waals surface area contributed by atoms with Gasteiger partial charge in [-0.25, -0.2) is 8.75 Å². The van der Waals surface area contributed by atoms with E-state index in [-0.39, 0.29) is 5.56 Å². The first kappa shape index (κ1) is 10.3. The number of methoxy groups -OCH3 is 1. The number of hydrogen-bond donors (Lipinski definition) is 0. The lowest BCUT2D eigenvalue weighted by Gasteiger charge is -2.07. The molecule has 0 amide bonds. The van der Waals surface area contributed by atoms with Gasteiger partial charge in [0.25, 0.3) is 5.56 Å². The molecule has 0 aliphatic heterocycles. The van der Waals surface area contributed by atoms with Crippen LogP contribution < -0.4 is 5.56 Å². The van der Waals surface area contributed by atoms with Crippen molar-refractivity contribution in [2.24, 2.45) is 0 Å². The van der Waals surface area contributed by atoms with E-state index in [2.05, 4.69) is 4.74 Å². The Hall–Kier alpha value is -0.810. The van der Waals surface area contributed by atoms with Gasteiger partial charge in [-0.15, -0.1) is 0 Å². The van der Waals surface area contributed by atoms with Crippen molar-refractivity contribution < 1.29 is 9.53 Å². The van der Waals surface area contributed by atoms with Crippen molar-refractivity contribution in [1.29, 1.82) is 0 Å². The van der Waals surface area contributed by atoms with E-state index in [0.717, 1.165) is 11.5 Å². The van der Waals surface area contributed by atoms with Crippen molar-refractivity contribution in [3.05, 3.63) is 20.8 Å². The SMILES string of the molecule is COC(=O)C(C)n1sc(Cl)cc1=O. The van der Waals surface area contributed by atoms with E-state index >= 15 is 0 Å². The molecule has 0 bridgehead atoms. The molecule has 1 rings (SSSR count). The number of hydrogen-bond acceptors (Lipinski definition) is 4. The molecular weight excluding hydrogens is 214 g/mol. The van der Waals surface area contributed by atoms with Gasteiger partial charge in [0.1, 0.15) is 10.4 Å². The molecule has 4 nitrogen and oxygen atoms in total. The summed E-state index contributed by atoms with van der Waals surface area (Å²) >= 11 is 6.64. The minimum absolute atomic E-state index is 0.284. The zero-order chi connectivity index (χ0) is 10.0. The van der Waals surface area contributed by atoms with E-state index in [1.54, 1.807) is 6.92 Å². The Bertz CT molecular complexity index is 370. The summed E-state index contributed by atoms with van der Waals surface area (Å²) in [5.41, 5.74) is -0.284. The maximum absolute atomic E-state index is 11.2. The molecule has 0 aliphatic rings. The van der Waals surface area contributed by atoms with Gasteiger partial charge in [0.2, 0.25) is 0 Å². The number of ether oxygens (including phenoxy) is 1. The standard InChI is InChI=1S/C7H8ClNO3S/c1-4(7(11)12-2)9-6(10)3-5(8)13-9/h3-4H,1-2H3. The van der Waals surface area contributed by atoms with E-state index in [4.69, 9.17) is 11.6 Å². The third-order valence-electron chi connectivity index (χ3n) is 1.53. The average Bonchev–Trinajstić information content (AvgIpc) is 2.42. The lowest BCUT2D eigenvalue weighted by atomic mass is 10.3. The van der Waals surface area contributed by atoms with E-state index < -0.39 is 12.0 Å². The lowest BCUT2D eigenvalue weighted by molar-refractivity contribution is -0.143. The molecule has 0 radical (unpaired) electrons. The average molecular weight is 222 g/mol. The predicted molar refractivity (Wildman–Crippen MR) is 50.3 cm³/mol. The number of carbonyl (C=O) groups excluding carboxylic acids is 1. The molecular formula is C7H8ClNO3S. The highest BCUT2D eigenvalue weighted by Crippen LogP contribution is 2.17. The molecule has 13 heavy (non-hydrogen) atoms. The van der Waals surface area contributed by atoms with Gasteiger partial charge < -0.3 is 4.74 Å². The summed E-state index contributed by atoms with van der Waals surface area (Å²) < 4.78 is 6.13. The van der Waals surface area contributed by atoms with E-state index in [0.29, 0.717) is 4.34 Å². The van der Waals surface area contributed by atoms with Crippen LogP contribution in [-0.2, 0) is 9.53 Å². The van der Waals surface area contributed by atoms with Crippen LogP contribution in [-0.4, -0.2) is 17.0 Å². The molecule has 0 spiro atoms. The highest BCUT2D eigenvalue weighted by atomic mass is 35.5. The van der Waals surface area contributed by atoms with Gasteiger partial charge in [-0.05, 0) is 18.5 Å². The Morgan fingerprint density at radius 2 is 2.38 bits per heavy atom. The monoisotopic (exact) mass is 221 g/mol. The van der Waals surface area contributed by atoms with Gasteiger partial charge >= 0.3 is 5.97 Å². The maximum Gasteiger partial charge on any atom is 0.329 e. The summed E-state index contributed by atoms with van der Waals surface area (Å²) in [6.45, 7) is 1.58. The van der Waals surface area contributed by atoms with Crippen LogP contribution >= 0.6 is 23.1 Å². The van der Waals surface area contributed by atoms with Crippen molar-refractivity contribution in [1.82, 2.24) is 3.96 Å². The zero-order valence-electron chi connectivity index (χ0n) is 7.11. The van der Waals surface area contributed by atoms with Crippen LogP contribution in [0.3, 0.4) is 0 Å². The van der Waals surface area contributed by atoms with Crippen LogP contribution in [0.1, 0.15) is 13.0 Å². The quantitative estimate of drug-likeness (QED) is 0.708. The van der Waals surface area contributed by atoms with Crippen LogP contribution in [0.5, 0.6) is 0 Å². The van der Waals surface area contributed by atoms with Crippen molar-refractivity contribution in [3.63, 3.8) is 0 Å². The Balaban J connectivity index is 3.01. The molecule has 1 aromatic rings. The normalized spacial score (nSPS) is 12.5. The van der Waals surface area contributed by atoms with Crippen molar-refractivity contribution in [2.75, 3.05) is 7.11 Å². The van der Waals surface area contributed by atoms with E-state index in [9.17, 15) is 9.59 Å². The summed E-state index contributed by atoms with van der Waals surface area (Å²) in [5, 5.41) is 0. The van der Waals surface area contributed by atoms with E-state index in [1.807, 2.05) is 0 Å². The molecule has 1 atom stereocenters. The molecule has 1 aromatic heterocycles. The van der Waals surface area contributed by atoms with Crippen LogP contribution in [0.25, 0.3) is 0 Å². The Morgan fingerprint density at radius 1 is 1.77 bits per heavy atom. The Kier molecular flexibility index (Phi) is 3.11. The van der Waals surface area contributed by atoms with Crippen LogP contribution in [0.4, 0.5) is 0 Å². The largest absolute Gasteiger partial charge is 0.467 e. The number of esters is 1. The number of nitrogens with zero attached hydrogens (tertiary/aromatic N) is 1. The van der Waals surface area contributed by atoms with Gasteiger partial charge in [-0.3, -0.25) is 4.79 Å². The van der Waals surface area contributed by atoms with Crippen molar-refractivity contribution >= 4 is 29.1 Å². The lowest BCUT2D eigenvalue weighted by Crippen LogP contribution is -2.23. The van der Waals surface area contributed by atoms with Gasteiger partial charge in [-0.2, -0.15) is 0 Å². The molecule has 0 fully saturated rings. The minimum atomic E-state index is -0.616. The summed E-state index contributed by atoms with van der Waals surface area (Å²) in [6, 6.07) is 0.654. The van der Waals surface area contributed by atoms with Gasteiger partial charge in [0.15, 0.2) is 0 Å². The number of aromatic nitrogens is 1. The Morgan fingerprint density at radius 3 is 2.77 bits per heavy atom. The number of halogens is 1. The van der Waals surface area contributed by atoms with Crippen LogP contribution in [0, 0.1) is 0 Å². The first-order valence-electron chi connectivity index (χ1n) is 3.52. The molecule has 72 valence electrons. The molecule has 0 saturated carbocycles. The molecule has 1 heterocycles. The summed E-state index contributed by atoms with van der Waals surface area (Å²) in [7, 11) is 1.28. The topological polar surface area (TPSA) is 48.3 Å². The summed E-state index contributed by atoms with van der Waals surface area (Å²) in [4.78, 5) is 22.2. The predicted octanol–water partition coefficient (Wildman–Crippen LogP) is 1.30. The number of rotatable bonds is 2. The van der Waals surface area contributed by atoms with Gasteiger partial charge in [-0.1, -0.05) is 11.6 Å². The second-order valence-corrected chi connectivity index (χ2v) is 4.05. The second kappa shape index (κ2) is 3.93. The van der Waals surface area contributed by atoms with Crippen LogP contribution in [0.15, 0.2) is 10.9 Å². The fraction of sp³-hybridized carbons (Fsp3) is 0.429. The third kappa shape index (κ3) is 2.10. The van der Waals surface area contributed by atoms with Crippen molar-refractivity contribution in [2.45, 2.75) is 13.0 Å². The highest BCUT2D eigenvalue weighted by Gasteiger charge is 2.18. The van der Waals surface area contributed by atoms with E-state index in [1.165, 1.54) is 17.1 Å². The molecule has 1 unspecified atom stereocenters. The smallest absolute Gasteiger partial charge is 0.329 e. The van der Waals surface area contributed by atoms with Gasteiger partial charge in [0, 0.05) is 6.07 Å². The first-order valence-corrected chi connectivity index (χ1v) is 4.67. The molecule has 0 aliphatic carbocycles. The third-order valence-corrected chi connectivity index (χ3v) is 2.84. The fourth-order valence-corrected chi connectivity index (χ4v) is 1.91. The fourth-order valence-electron chi connectivity index (χ4n) is 0.862. The molecule has 6 heteroatoms. The highest BCUT2D eigenvalue weighted by molar-refractivity contribution is 7.11. The molecule has 0 aromatic carbocycles. The zero-order valence-corrected chi connectivity index (χ0v) is 8.69. The van der Waals surface area contributed by atoms with Crippen molar-refractivity contribution in [3.8, 4) is 0 Å². The number of carbonyl (C=O) groups is 1. The summed E-state index contributed by atoms with van der Waals surface area (Å²) in [6.07, 6.45) is 0.